The van der Waals surface area contributed by atoms with Gasteiger partial charge in [0, 0.05) is 0 Å². The number of hydrogen-bond donors (Lipinski definition) is 3. The maximum absolute atomic E-state index is 11.7. The van der Waals surface area contributed by atoms with E-state index in [1.807, 2.05) is 0 Å². The monoisotopic (exact) mass is 352 g/mol. The van der Waals surface area contributed by atoms with E-state index in [4.69, 9.17) is 5.11 Å². The number of hydrogen-bond acceptors (Lipinski definition) is 7. The molecule has 10 heteroatoms. The molecule has 0 radical (unpaired) electrons. The standard InChI is InChI=1S/C15H16N2O8/c1-3-24-14(22)11(18)16-9-6-5-8(13(20)21)7-10(9)17-12(19)15(23)25-4-2/h5-7H,3-4H2,1-2H3,(H,16,18)(H,17,19)(H,20,21). The van der Waals surface area contributed by atoms with E-state index in [2.05, 4.69) is 20.1 Å². The number of anilines is 2. The Balaban J connectivity index is 3.09. The highest BCUT2D eigenvalue weighted by atomic mass is 16.5. The van der Waals surface area contributed by atoms with Crippen LogP contribution in [-0.2, 0) is 28.7 Å². The van der Waals surface area contributed by atoms with E-state index in [1.165, 1.54) is 13.8 Å². The zero-order valence-electron chi connectivity index (χ0n) is 13.5. The molecule has 0 atom stereocenters. The van der Waals surface area contributed by atoms with Crippen molar-refractivity contribution in [2.24, 2.45) is 0 Å². The molecular weight excluding hydrogens is 336 g/mol. The smallest absolute Gasteiger partial charge is 0.397 e. The first-order chi connectivity index (χ1) is 11.8. The van der Waals surface area contributed by atoms with Gasteiger partial charge in [-0.25, -0.2) is 14.4 Å². The van der Waals surface area contributed by atoms with Crippen LogP contribution in [0.15, 0.2) is 18.2 Å². The topological polar surface area (TPSA) is 148 Å². The molecule has 2 amide bonds. The second-order valence-corrected chi connectivity index (χ2v) is 4.41. The van der Waals surface area contributed by atoms with Gasteiger partial charge in [0.2, 0.25) is 0 Å². The summed E-state index contributed by atoms with van der Waals surface area (Å²) >= 11 is 0. The molecule has 0 fully saturated rings. The molecule has 0 aliphatic heterocycles. The van der Waals surface area contributed by atoms with Crippen molar-refractivity contribution in [3.8, 4) is 0 Å². The molecule has 25 heavy (non-hydrogen) atoms. The van der Waals surface area contributed by atoms with Crippen molar-refractivity contribution in [2.45, 2.75) is 13.8 Å². The van der Waals surface area contributed by atoms with Gasteiger partial charge in [0.05, 0.1) is 30.2 Å². The van der Waals surface area contributed by atoms with Crippen molar-refractivity contribution in [3.05, 3.63) is 23.8 Å². The third-order valence-electron chi connectivity index (χ3n) is 2.68. The third-order valence-corrected chi connectivity index (χ3v) is 2.68. The number of benzene rings is 1. The van der Waals surface area contributed by atoms with E-state index < -0.39 is 29.7 Å². The van der Waals surface area contributed by atoms with Crippen LogP contribution in [0.2, 0.25) is 0 Å². The molecule has 0 spiro atoms. The first kappa shape index (κ1) is 19.6. The fourth-order valence-corrected chi connectivity index (χ4v) is 1.63. The van der Waals surface area contributed by atoms with E-state index in [0.29, 0.717) is 0 Å². The van der Waals surface area contributed by atoms with Gasteiger partial charge in [-0.3, -0.25) is 9.59 Å². The number of ether oxygens (including phenoxy) is 2. The highest BCUT2D eigenvalue weighted by Gasteiger charge is 2.21. The van der Waals surface area contributed by atoms with Crippen LogP contribution in [0.5, 0.6) is 0 Å². The minimum Gasteiger partial charge on any atom is -0.478 e. The molecule has 134 valence electrons. The molecule has 0 aliphatic carbocycles. The Hall–Kier alpha value is -3.43. The summed E-state index contributed by atoms with van der Waals surface area (Å²) in [6.45, 7) is 2.96. The van der Waals surface area contributed by atoms with Gasteiger partial charge in [0.15, 0.2) is 0 Å². The third kappa shape index (κ3) is 5.61. The summed E-state index contributed by atoms with van der Waals surface area (Å²) in [5, 5.41) is 13.3. The van der Waals surface area contributed by atoms with Crippen LogP contribution in [0.3, 0.4) is 0 Å². The lowest BCUT2D eigenvalue weighted by Crippen LogP contribution is -2.28. The van der Waals surface area contributed by atoms with Gasteiger partial charge in [0.25, 0.3) is 0 Å². The Labute approximate surface area is 142 Å². The van der Waals surface area contributed by atoms with Gasteiger partial charge in [-0.15, -0.1) is 0 Å². The number of aromatic carboxylic acids is 1. The fourth-order valence-electron chi connectivity index (χ4n) is 1.63. The Morgan fingerprint density at radius 2 is 1.36 bits per heavy atom. The fraction of sp³-hybridized carbons (Fsp3) is 0.267. The van der Waals surface area contributed by atoms with E-state index in [1.54, 1.807) is 0 Å². The Morgan fingerprint density at radius 3 is 1.80 bits per heavy atom. The van der Waals surface area contributed by atoms with Crippen molar-refractivity contribution in [1.29, 1.82) is 0 Å². The van der Waals surface area contributed by atoms with Crippen molar-refractivity contribution in [2.75, 3.05) is 23.8 Å². The Morgan fingerprint density at radius 1 is 0.880 bits per heavy atom. The lowest BCUT2D eigenvalue weighted by atomic mass is 10.1. The maximum Gasteiger partial charge on any atom is 0.397 e. The molecule has 0 aliphatic rings. The molecule has 10 nitrogen and oxygen atoms in total. The molecular formula is C15H16N2O8. The average Bonchev–Trinajstić information content (AvgIpc) is 2.56. The molecule has 0 aromatic heterocycles. The number of carbonyl (C=O) groups excluding carboxylic acids is 4. The minimum absolute atomic E-state index is 0.0172. The molecule has 1 aromatic carbocycles. The molecule has 0 saturated heterocycles. The number of amides is 2. The lowest BCUT2D eigenvalue weighted by molar-refractivity contribution is -0.152. The number of nitrogens with one attached hydrogen (secondary N) is 2. The zero-order chi connectivity index (χ0) is 19.0. The second kappa shape index (κ2) is 9.01. The van der Waals surface area contributed by atoms with Crippen molar-refractivity contribution in [3.63, 3.8) is 0 Å². The Bertz CT molecular complexity index is 713. The quantitative estimate of drug-likeness (QED) is 0.509. The highest BCUT2D eigenvalue weighted by Crippen LogP contribution is 2.23. The first-order valence-electron chi connectivity index (χ1n) is 7.13. The van der Waals surface area contributed by atoms with Crippen LogP contribution in [-0.4, -0.2) is 48.0 Å². The number of esters is 2. The molecule has 0 heterocycles. The predicted molar refractivity (Wildman–Crippen MR) is 83.9 cm³/mol. The van der Waals surface area contributed by atoms with Gasteiger partial charge in [-0.1, -0.05) is 0 Å². The molecule has 0 bridgehead atoms. The number of carbonyl (C=O) groups is 5. The van der Waals surface area contributed by atoms with Crippen molar-refractivity contribution >= 4 is 41.1 Å². The number of rotatable bonds is 5. The lowest BCUT2D eigenvalue weighted by Gasteiger charge is -2.12. The second-order valence-electron chi connectivity index (χ2n) is 4.41. The molecule has 3 N–H and O–H groups in total. The summed E-state index contributed by atoms with van der Waals surface area (Å²) in [6, 6.07) is 3.31. The summed E-state index contributed by atoms with van der Waals surface area (Å²) in [7, 11) is 0. The van der Waals surface area contributed by atoms with E-state index in [0.717, 1.165) is 18.2 Å². The zero-order valence-corrected chi connectivity index (χ0v) is 13.5. The largest absolute Gasteiger partial charge is 0.478 e. The minimum atomic E-state index is -1.30. The highest BCUT2D eigenvalue weighted by molar-refractivity contribution is 6.39. The van der Waals surface area contributed by atoms with Crippen molar-refractivity contribution < 1.29 is 38.6 Å². The van der Waals surface area contributed by atoms with Gasteiger partial charge in [-0.05, 0) is 32.0 Å². The SMILES string of the molecule is CCOC(=O)C(=O)Nc1ccc(C(=O)O)cc1NC(=O)C(=O)OCC. The van der Waals surface area contributed by atoms with E-state index in [-0.39, 0.29) is 30.2 Å². The average molecular weight is 352 g/mol. The summed E-state index contributed by atoms with van der Waals surface area (Å²) in [5.41, 5.74) is -0.510. The molecule has 1 aromatic rings. The number of carboxylic acid groups (broad SMARTS) is 1. The van der Waals surface area contributed by atoms with Crippen LogP contribution < -0.4 is 10.6 Å². The Kier molecular flexibility index (Phi) is 7.07. The summed E-state index contributed by atoms with van der Waals surface area (Å²) in [4.78, 5) is 57.2. The van der Waals surface area contributed by atoms with E-state index in [9.17, 15) is 24.0 Å². The van der Waals surface area contributed by atoms with Crippen LogP contribution in [0.1, 0.15) is 24.2 Å². The summed E-state index contributed by atoms with van der Waals surface area (Å²) in [6.07, 6.45) is 0. The van der Waals surface area contributed by atoms with Crippen LogP contribution in [0.25, 0.3) is 0 Å². The first-order valence-corrected chi connectivity index (χ1v) is 7.13. The number of carboxylic acids is 1. The predicted octanol–water partition coefficient (Wildman–Crippen LogP) is 0.388. The molecule has 0 unspecified atom stereocenters. The molecule has 0 saturated carbocycles. The van der Waals surface area contributed by atoms with Gasteiger partial charge >= 0.3 is 29.7 Å². The van der Waals surface area contributed by atoms with Crippen LogP contribution in [0.4, 0.5) is 11.4 Å². The molecule has 1 rings (SSSR count). The maximum atomic E-state index is 11.7. The summed E-state index contributed by atoms with van der Waals surface area (Å²) in [5.74, 6) is -5.94. The summed E-state index contributed by atoms with van der Waals surface area (Å²) < 4.78 is 9.04. The van der Waals surface area contributed by atoms with Gasteiger partial charge in [-0.2, -0.15) is 0 Å². The van der Waals surface area contributed by atoms with Crippen LogP contribution in [0, 0.1) is 0 Å². The normalized spacial score (nSPS) is 9.68. The van der Waals surface area contributed by atoms with Gasteiger partial charge in [0.1, 0.15) is 0 Å². The van der Waals surface area contributed by atoms with E-state index >= 15 is 0 Å². The van der Waals surface area contributed by atoms with Gasteiger partial charge < -0.3 is 25.2 Å². The van der Waals surface area contributed by atoms with Crippen LogP contribution >= 0.6 is 0 Å². The van der Waals surface area contributed by atoms with Crippen molar-refractivity contribution in [1.82, 2.24) is 0 Å².